The zero-order valence-electron chi connectivity index (χ0n) is 11.9. The number of benzene rings is 1. The Morgan fingerprint density at radius 2 is 2.10 bits per heavy atom. The number of nitrogens with zero attached hydrogens (tertiary/aromatic N) is 2. The van der Waals surface area contributed by atoms with Crippen LogP contribution in [0.1, 0.15) is 12.5 Å². The van der Waals surface area contributed by atoms with E-state index in [4.69, 9.17) is 0 Å². The molecule has 0 spiro atoms. The molecule has 0 radical (unpaired) electrons. The van der Waals surface area contributed by atoms with Crippen LogP contribution in [0.15, 0.2) is 24.3 Å². The monoisotopic (exact) mass is 274 g/mol. The zero-order valence-corrected chi connectivity index (χ0v) is 11.9. The second-order valence-corrected chi connectivity index (χ2v) is 5.43. The van der Waals surface area contributed by atoms with Crippen molar-refractivity contribution in [3.8, 4) is 0 Å². The van der Waals surface area contributed by atoms with Gasteiger partial charge in [0, 0.05) is 38.4 Å². The van der Waals surface area contributed by atoms with Crippen molar-refractivity contribution in [2.45, 2.75) is 19.5 Å². The van der Waals surface area contributed by atoms with Crippen LogP contribution in [0.4, 0.5) is 10.5 Å². The molecule has 2 fully saturated rings. The quantitative estimate of drug-likeness (QED) is 0.861. The summed E-state index contributed by atoms with van der Waals surface area (Å²) in [6.45, 7) is 7.45. The fourth-order valence-corrected chi connectivity index (χ4v) is 2.93. The Bertz CT molecular complexity index is 473. The zero-order chi connectivity index (χ0) is 13.9. The molecule has 1 aromatic carbocycles. The Morgan fingerprint density at radius 1 is 1.30 bits per heavy atom. The number of nitrogens with one attached hydrogen (secondary N) is 2. The lowest BCUT2D eigenvalue weighted by Crippen LogP contribution is -2.52. The van der Waals surface area contributed by atoms with Gasteiger partial charge in [-0.05, 0) is 24.2 Å². The first kappa shape index (κ1) is 13.2. The molecule has 0 bridgehead atoms. The van der Waals surface area contributed by atoms with E-state index in [0.29, 0.717) is 6.04 Å². The number of rotatable bonds is 4. The average molecular weight is 274 g/mol. The molecule has 2 saturated heterocycles. The van der Waals surface area contributed by atoms with E-state index in [0.717, 1.165) is 39.3 Å². The highest BCUT2D eigenvalue weighted by molar-refractivity contribution is 5.77. The number of carbonyl (C=O) groups excluding carboxylic acids is 1. The van der Waals surface area contributed by atoms with Crippen molar-refractivity contribution in [3.63, 3.8) is 0 Å². The van der Waals surface area contributed by atoms with Crippen LogP contribution in [0.3, 0.4) is 0 Å². The molecule has 2 N–H and O–H groups in total. The van der Waals surface area contributed by atoms with E-state index in [-0.39, 0.29) is 6.03 Å². The van der Waals surface area contributed by atoms with Crippen molar-refractivity contribution in [1.29, 1.82) is 0 Å². The third kappa shape index (κ3) is 2.58. The van der Waals surface area contributed by atoms with Crippen LogP contribution in [-0.2, 0) is 6.54 Å². The molecule has 1 atom stereocenters. The molecule has 2 aliphatic rings. The largest absolute Gasteiger partial charge is 0.368 e. The van der Waals surface area contributed by atoms with Gasteiger partial charge in [-0.1, -0.05) is 19.1 Å². The minimum Gasteiger partial charge on any atom is -0.368 e. The van der Waals surface area contributed by atoms with Crippen LogP contribution >= 0.6 is 0 Å². The van der Waals surface area contributed by atoms with Gasteiger partial charge in [0.1, 0.15) is 0 Å². The number of carbonyl (C=O) groups is 1. The highest BCUT2D eigenvalue weighted by atomic mass is 16.2. The maximum Gasteiger partial charge on any atom is 0.317 e. The first-order valence-electron chi connectivity index (χ1n) is 7.37. The molecule has 2 heterocycles. The lowest BCUT2D eigenvalue weighted by molar-refractivity contribution is 0.197. The Balaban J connectivity index is 1.63. The lowest BCUT2D eigenvalue weighted by Gasteiger charge is -2.37. The summed E-state index contributed by atoms with van der Waals surface area (Å²) in [5, 5.41) is 6.25. The summed E-state index contributed by atoms with van der Waals surface area (Å²) in [4.78, 5) is 15.9. The van der Waals surface area contributed by atoms with Gasteiger partial charge in [0.25, 0.3) is 0 Å². The molecular formula is C15H22N4O. The van der Waals surface area contributed by atoms with Crippen molar-refractivity contribution in [2.75, 3.05) is 37.6 Å². The van der Waals surface area contributed by atoms with Crippen molar-refractivity contribution in [3.05, 3.63) is 29.8 Å². The summed E-state index contributed by atoms with van der Waals surface area (Å²) in [6.07, 6.45) is 0. The number of piperazine rings is 1. The second-order valence-electron chi connectivity index (χ2n) is 5.43. The number of amides is 2. The maximum absolute atomic E-state index is 11.6. The predicted molar refractivity (Wildman–Crippen MR) is 79.9 cm³/mol. The third-order valence-electron chi connectivity index (χ3n) is 4.11. The van der Waals surface area contributed by atoms with Gasteiger partial charge in [0.05, 0.1) is 6.04 Å². The van der Waals surface area contributed by atoms with Gasteiger partial charge in [0.15, 0.2) is 0 Å². The molecule has 20 heavy (non-hydrogen) atoms. The maximum atomic E-state index is 11.6. The fourth-order valence-electron chi connectivity index (χ4n) is 2.93. The van der Waals surface area contributed by atoms with E-state index in [2.05, 4.69) is 46.7 Å². The molecule has 3 rings (SSSR count). The number of urea groups is 1. The summed E-state index contributed by atoms with van der Waals surface area (Å²) < 4.78 is 0. The highest BCUT2D eigenvalue weighted by Crippen LogP contribution is 2.21. The molecular weight excluding hydrogens is 252 g/mol. The van der Waals surface area contributed by atoms with Crippen LogP contribution in [-0.4, -0.2) is 49.7 Å². The van der Waals surface area contributed by atoms with Gasteiger partial charge >= 0.3 is 6.03 Å². The van der Waals surface area contributed by atoms with Crippen LogP contribution in [0.2, 0.25) is 0 Å². The normalized spacial score (nSPS) is 21.9. The predicted octanol–water partition coefficient (Wildman–Crippen LogP) is 1.01. The molecule has 0 saturated carbocycles. The highest BCUT2D eigenvalue weighted by Gasteiger charge is 2.35. The minimum atomic E-state index is 0.0932. The van der Waals surface area contributed by atoms with Crippen molar-refractivity contribution in [2.24, 2.45) is 0 Å². The van der Waals surface area contributed by atoms with E-state index in [1.807, 2.05) is 4.90 Å². The van der Waals surface area contributed by atoms with Gasteiger partial charge in [-0.25, -0.2) is 4.79 Å². The van der Waals surface area contributed by atoms with Gasteiger partial charge in [0.2, 0.25) is 0 Å². The van der Waals surface area contributed by atoms with Crippen molar-refractivity contribution in [1.82, 2.24) is 15.5 Å². The molecule has 0 aliphatic carbocycles. The van der Waals surface area contributed by atoms with E-state index in [1.165, 1.54) is 11.3 Å². The van der Waals surface area contributed by atoms with E-state index in [1.54, 1.807) is 0 Å². The van der Waals surface area contributed by atoms with Gasteiger partial charge in [-0.15, -0.1) is 0 Å². The standard InChI is InChI=1S/C15H22N4O/c1-2-16-9-12-3-5-13(6-4-12)18-7-8-19-14(11-18)10-17-15(19)20/h3-6,14,16H,2,7-11H2,1H3,(H,17,20). The van der Waals surface area contributed by atoms with E-state index < -0.39 is 0 Å². The Morgan fingerprint density at radius 3 is 2.85 bits per heavy atom. The van der Waals surface area contributed by atoms with Gasteiger partial charge < -0.3 is 20.4 Å². The average Bonchev–Trinajstić information content (AvgIpc) is 2.86. The van der Waals surface area contributed by atoms with Crippen LogP contribution in [0.5, 0.6) is 0 Å². The van der Waals surface area contributed by atoms with Crippen LogP contribution < -0.4 is 15.5 Å². The summed E-state index contributed by atoms with van der Waals surface area (Å²) in [7, 11) is 0. The topological polar surface area (TPSA) is 47.6 Å². The van der Waals surface area contributed by atoms with Gasteiger partial charge in [-0.2, -0.15) is 0 Å². The second kappa shape index (κ2) is 5.71. The Kier molecular flexibility index (Phi) is 3.78. The molecule has 2 aliphatic heterocycles. The number of fused-ring (bicyclic) bond motifs is 1. The molecule has 5 nitrogen and oxygen atoms in total. The van der Waals surface area contributed by atoms with Crippen molar-refractivity contribution >= 4 is 11.7 Å². The van der Waals surface area contributed by atoms with Crippen molar-refractivity contribution < 1.29 is 4.79 Å². The summed E-state index contributed by atoms with van der Waals surface area (Å²) in [6, 6.07) is 9.15. The SMILES string of the molecule is CCNCc1ccc(N2CCN3C(=O)NCC3C2)cc1. The molecule has 0 aromatic heterocycles. The minimum absolute atomic E-state index is 0.0932. The lowest BCUT2D eigenvalue weighted by atomic mass is 10.1. The molecule has 5 heteroatoms. The molecule has 108 valence electrons. The van der Waals surface area contributed by atoms with Crippen LogP contribution in [0.25, 0.3) is 0 Å². The first-order chi connectivity index (χ1) is 9.78. The molecule has 1 unspecified atom stereocenters. The van der Waals surface area contributed by atoms with E-state index in [9.17, 15) is 4.79 Å². The summed E-state index contributed by atoms with van der Waals surface area (Å²) in [5.74, 6) is 0. The number of hydrogen-bond acceptors (Lipinski definition) is 3. The Hall–Kier alpha value is -1.75. The summed E-state index contributed by atoms with van der Waals surface area (Å²) >= 11 is 0. The third-order valence-corrected chi connectivity index (χ3v) is 4.11. The number of hydrogen-bond donors (Lipinski definition) is 2. The number of anilines is 1. The summed E-state index contributed by atoms with van der Waals surface area (Å²) in [5.41, 5.74) is 2.57. The van der Waals surface area contributed by atoms with E-state index >= 15 is 0 Å². The van der Waals surface area contributed by atoms with Crippen LogP contribution in [0, 0.1) is 0 Å². The molecule has 1 aromatic rings. The fraction of sp³-hybridized carbons (Fsp3) is 0.533. The Labute approximate surface area is 119 Å². The van der Waals surface area contributed by atoms with Gasteiger partial charge in [-0.3, -0.25) is 0 Å². The molecule has 2 amide bonds. The smallest absolute Gasteiger partial charge is 0.317 e. The first-order valence-corrected chi connectivity index (χ1v) is 7.37.